The van der Waals surface area contributed by atoms with Gasteiger partial charge in [0.1, 0.15) is 11.6 Å². The van der Waals surface area contributed by atoms with E-state index in [1.807, 2.05) is 49.4 Å². The number of halogens is 1. The van der Waals surface area contributed by atoms with E-state index in [0.717, 1.165) is 14.7 Å². The number of amides is 1. The number of anilines is 1. The number of carbonyl (C=O) groups excluding carboxylic acids is 1. The minimum atomic E-state index is -0.403. The fraction of sp³-hybridized carbons (Fsp3) is 0.0588. The van der Waals surface area contributed by atoms with Crippen LogP contribution in [0.3, 0.4) is 0 Å². The van der Waals surface area contributed by atoms with Crippen molar-refractivity contribution >= 4 is 40.3 Å². The molecular weight excluding hydrogens is 375 g/mol. The van der Waals surface area contributed by atoms with E-state index in [1.165, 1.54) is 0 Å². The molecule has 2 rings (SSSR count). The van der Waals surface area contributed by atoms with E-state index in [0.29, 0.717) is 5.69 Å². The maximum absolute atomic E-state index is 12.1. The summed E-state index contributed by atoms with van der Waals surface area (Å²) >= 11 is 2.19. The molecule has 4 heteroatoms. The van der Waals surface area contributed by atoms with E-state index in [2.05, 4.69) is 27.9 Å². The topological polar surface area (TPSA) is 52.9 Å². The van der Waals surface area contributed by atoms with E-state index in [4.69, 9.17) is 5.26 Å². The minimum absolute atomic E-state index is 0.0825. The number of rotatable bonds is 3. The first-order valence-corrected chi connectivity index (χ1v) is 7.42. The number of hydrogen-bond donors (Lipinski definition) is 1. The van der Waals surface area contributed by atoms with Crippen LogP contribution in [0.25, 0.3) is 6.08 Å². The summed E-state index contributed by atoms with van der Waals surface area (Å²) in [6, 6.07) is 17.0. The van der Waals surface area contributed by atoms with Crippen molar-refractivity contribution in [3.05, 3.63) is 68.8 Å². The molecule has 0 saturated carbocycles. The predicted molar refractivity (Wildman–Crippen MR) is 92.6 cm³/mol. The summed E-state index contributed by atoms with van der Waals surface area (Å²) in [5.74, 6) is -0.403. The number of aryl methyl sites for hydroxylation is 1. The number of nitriles is 1. The fourth-order valence-corrected chi connectivity index (χ4v) is 2.17. The van der Waals surface area contributed by atoms with E-state index < -0.39 is 5.91 Å². The van der Waals surface area contributed by atoms with Gasteiger partial charge in [0.15, 0.2) is 0 Å². The first-order valence-electron chi connectivity index (χ1n) is 6.34. The molecule has 0 heterocycles. The summed E-state index contributed by atoms with van der Waals surface area (Å²) in [4.78, 5) is 12.1. The van der Waals surface area contributed by atoms with Crippen molar-refractivity contribution in [2.75, 3.05) is 5.32 Å². The van der Waals surface area contributed by atoms with Crippen molar-refractivity contribution in [1.82, 2.24) is 0 Å². The minimum Gasteiger partial charge on any atom is -0.321 e. The summed E-state index contributed by atoms with van der Waals surface area (Å²) in [5.41, 5.74) is 2.67. The molecule has 104 valence electrons. The van der Waals surface area contributed by atoms with Gasteiger partial charge in [-0.25, -0.2) is 0 Å². The van der Waals surface area contributed by atoms with Crippen molar-refractivity contribution in [2.24, 2.45) is 0 Å². The lowest BCUT2D eigenvalue weighted by Crippen LogP contribution is -2.13. The second kappa shape index (κ2) is 7.04. The summed E-state index contributed by atoms with van der Waals surface area (Å²) < 4.78 is 1.08. The zero-order valence-corrected chi connectivity index (χ0v) is 13.6. The third-order valence-electron chi connectivity index (χ3n) is 2.82. The standard InChI is InChI=1S/C17H13IN2O/c1-12-3-2-4-13(9-12)10-14(11-19)17(21)20-16-7-5-15(18)6-8-16/h2-10H,1H3,(H,20,21)/b14-10-. The van der Waals surface area contributed by atoms with Crippen LogP contribution >= 0.6 is 22.6 Å². The highest BCUT2D eigenvalue weighted by atomic mass is 127. The van der Waals surface area contributed by atoms with Gasteiger partial charge >= 0.3 is 0 Å². The molecular formula is C17H13IN2O. The van der Waals surface area contributed by atoms with Gasteiger partial charge in [0.25, 0.3) is 5.91 Å². The van der Waals surface area contributed by atoms with Crippen molar-refractivity contribution in [3.8, 4) is 6.07 Å². The Kier molecular flexibility index (Phi) is 5.12. The number of hydrogen-bond acceptors (Lipinski definition) is 2. The summed E-state index contributed by atoms with van der Waals surface area (Å²) in [7, 11) is 0. The molecule has 0 aliphatic rings. The zero-order chi connectivity index (χ0) is 15.2. The van der Waals surface area contributed by atoms with Crippen LogP contribution in [0.5, 0.6) is 0 Å². The molecule has 0 saturated heterocycles. The van der Waals surface area contributed by atoms with Crippen LogP contribution in [0.4, 0.5) is 5.69 Å². The molecule has 0 aliphatic heterocycles. The second-order valence-corrected chi connectivity index (χ2v) is 5.79. The molecule has 2 aromatic carbocycles. The fourth-order valence-electron chi connectivity index (χ4n) is 1.81. The first-order chi connectivity index (χ1) is 10.1. The van der Waals surface area contributed by atoms with Crippen LogP contribution in [0.1, 0.15) is 11.1 Å². The van der Waals surface area contributed by atoms with E-state index in [9.17, 15) is 4.79 Å². The molecule has 0 aromatic heterocycles. The van der Waals surface area contributed by atoms with Crippen molar-refractivity contribution in [2.45, 2.75) is 6.92 Å². The maximum atomic E-state index is 12.1. The summed E-state index contributed by atoms with van der Waals surface area (Å²) in [6.45, 7) is 1.97. The first kappa shape index (κ1) is 15.3. The molecule has 1 amide bonds. The third kappa shape index (κ3) is 4.43. The Balaban J connectivity index is 2.19. The SMILES string of the molecule is Cc1cccc(/C=C(/C#N)C(=O)Nc2ccc(I)cc2)c1. The molecule has 0 atom stereocenters. The summed E-state index contributed by atoms with van der Waals surface area (Å²) in [6.07, 6.45) is 1.59. The Morgan fingerprint density at radius 2 is 1.95 bits per heavy atom. The molecule has 0 fully saturated rings. The van der Waals surface area contributed by atoms with Crippen molar-refractivity contribution in [3.63, 3.8) is 0 Å². The van der Waals surface area contributed by atoms with Crippen LogP contribution in [0.2, 0.25) is 0 Å². The van der Waals surface area contributed by atoms with Gasteiger partial charge in [0.2, 0.25) is 0 Å². The predicted octanol–water partition coefficient (Wildman–Crippen LogP) is 4.15. The number of nitrogens with zero attached hydrogens (tertiary/aromatic N) is 1. The van der Waals surface area contributed by atoms with Gasteiger partial charge in [-0.3, -0.25) is 4.79 Å². The Morgan fingerprint density at radius 1 is 1.24 bits per heavy atom. The van der Waals surface area contributed by atoms with Crippen LogP contribution in [-0.4, -0.2) is 5.91 Å². The Morgan fingerprint density at radius 3 is 2.57 bits per heavy atom. The third-order valence-corrected chi connectivity index (χ3v) is 3.54. The van der Waals surface area contributed by atoms with Gasteiger partial charge in [0, 0.05) is 9.26 Å². The highest BCUT2D eigenvalue weighted by Gasteiger charge is 2.09. The number of nitrogens with one attached hydrogen (secondary N) is 1. The Labute approximate surface area is 137 Å². The van der Waals surface area contributed by atoms with Gasteiger partial charge in [-0.1, -0.05) is 29.8 Å². The van der Waals surface area contributed by atoms with Gasteiger partial charge < -0.3 is 5.32 Å². The quantitative estimate of drug-likeness (QED) is 0.488. The highest BCUT2D eigenvalue weighted by Crippen LogP contribution is 2.14. The molecule has 1 N–H and O–H groups in total. The average molecular weight is 388 g/mol. The second-order valence-electron chi connectivity index (χ2n) is 4.54. The molecule has 0 aliphatic carbocycles. The lowest BCUT2D eigenvalue weighted by atomic mass is 10.1. The number of carbonyl (C=O) groups is 1. The van der Waals surface area contributed by atoms with Crippen LogP contribution in [-0.2, 0) is 4.79 Å². The lowest BCUT2D eigenvalue weighted by Gasteiger charge is -2.04. The van der Waals surface area contributed by atoms with Crippen molar-refractivity contribution in [1.29, 1.82) is 5.26 Å². The number of benzene rings is 2. The molecule has 0 unspecified atom stereocenters. The Bertz CT molecular complexity index is 727. The molecule has 21 heavy (non-hydrogen) atoms. The molecule has 0 spiro atoms. The lowest BCUT2D eigenvalue weighted by molar-refractivity contribution is -0.112. The van der Waals surface area contributed by atoms with Gasteiger partial charge in [-0.2, -0.15) is 5.26 Å². The Hall–Kier alpha value is -2.13. The molecule has 3 nitrogen and oxygen atoms in total. The van der Waals surface area contributed by atoms with E-state index >= 15 is 0 Å². The molecule has 0 radical (unpaired) electrons. The molecule has 2 aromatic rings. The zero-order valence-electron chi connectivity index (χ0n) is 11.4. The smallest absolute Gasteiger partial charge is 0.266 e. The highest BCUT2D eigenvalue weighted by molar-refractivity contribution is 14.1. The molecule has 0 bridgehead atoms. The van der Waals surface area contributed by atoms with Crippen LogP contribution in [0, 0.1) is 21.8 Å². The van der Waals surface area contributed by atoms with E-state index in [-0.39, 0.29) is 5.57 Å². The van der Waals surface area contributed by atoms with Crippen LogP contribution in [0.15, 0.2) is 54.1 Å². The normalized spacial score (nSPS) is 10.8. The van der Waals surface area contributed by atoms with Crippen LogP contribution < -0.4 is 5.32 Å². The van der Waals surface area contributed by atoms with Gasteiger partial charge in [0.05, 0.1) is 0 Å². The van der Waals surface area contributed by atoms with Gasteiger partial charge in [-0.15, -0.1) is 0 Å². The maximum Gasteiger partial charge on any atom is 0.266 e. The largest absolute Gasteiger partial charge is 0.321 e. The monoisotopic (exact) mass is 388 g/mol. The van der Waals surface area contributed by atoms with Gasteiger partial charge in [-0.05, 0) is 65.4 Å². The van der Waals surface area contributed by atoms with E-state index in [1.54, 1.807) is 18.2 Å². The summed E-state index contributed by atoms with van der Waals surface area (Å²) in [5, 5.41) is 11.9. The van der Waals surface area contributed by atoms with Crippen molar-refractivity contribution < 1.29 is 4.79 Å². The average Bonchev–Trinajstić information content (AvgIpc) is 2.47.